The molecule has 0 aliphatic carbocycles. The Morgan fingerprint density at radius 3 is 1.08 bits per heavy atom. The van der Waals surface area contributed by atoms with Gasteiger partial charge in [0.15, 0.2) is 6.10 Å². The van der Waals surface area contributed by atoms with E-state index < -0.39 is 57.8 Å². The van der Waals surface area contributed by atoms with Gasteiger partial charge >= 0.3 is 25.7 Å². The Balaban J connectivity index is 4.86. The quantitative estimate of drug-likeness (QED) is 0.0197. The van der Waals surface area contributed by atoms with Crippen molar-refractivity contribution >= 4 is 25.7 Å². The van der Waals surface area contributed by atoms with Crippen LogP contribution in [0.4, 0.5) is 0 Å². The standard InChI is InChI=1S/C64H101O11P/c1-4-7-10-13-16-19-22-25-27-29-30-32-34-37-40-43-46-49-52-55-64(68)75-61(57-71-62(66)53-50-47-44-41-38-35-24-21-18-15-12-9-6-3)59-73-76(69,70)72-58-60(56-65)74-63(67)54-51-48-45-42-39-36-33-31-28-26-23-20-17-14-11-8-5-2/h7-12,16-21,25-28,30,32,35,37-38,40,46,49,60-61,65H,4-6,13-15,22-24,29,31,33-34,36,39,41-45,47-48,50-59H2,1-3H3,(H,69,70)/b10-7-,11-8-,12-9-,19-16-,20-17-,21-18-,27-25-,28-26-,32-30-,38-35-,40-37-,49-46-. The minimum Gasteiger partial charge on any atom is -0.462 e. The normalized spacial score (nSPS) is 14.4. The zero-order valence-electron chi connectivity index (χ0n) is 47.2. The molecule has 0 bridgehead atoms. The van der Waals surface area contributed by atoms with E-state index in [2.05, 4.69) is 154 Å². The SMILES string of the molecule is CC/C=C\C/C=C\C/C=C\C/C=C\C/C=C\C/C=C\CCC(=O)OC(COC(=O)CCCCC/C=C\C/C=C\C/C=C\CC)COP(=O)(O)OCC(CO)OC(=O)CCCCCCCCC/C=C\C/C=C\C/C=C\CC. The summed E-state index contributed by atoms with van der Waals surface area (Å²) >= 11 is 0. The first-order chi connectivity index (χ1) is 37.2. The number of ether oxygens (including phenoxy) is 3. The number of aliphatic hydroxyl groups excluding tert-OH is 1. The molecule has 3 unspecified atom stereocenters. The summed E-state index contributed by atoms with van der Waals surface area (Å²) in [7, 11) is -4.79. The zero-order valence-corrected chi connectivity index (χ0v) is 48.0. The van der Waals surface area contributed by atoms with Crippen molar-refractivity contribution in [3.05, 3.63) is 146 Å². The summed E-state index contributed by atoms with van der Waals surface area (Å²) < 4.78 is 39.4. The van der Waals surface area contributed by atoms with Gasteiger partial charge in [-0.1, -0.05) is 205 Å². The molecule has 0 saturated carbocycles. The molecule has 2 N–H and O–H groups in total. The third-order valence-electron chi connectivity index (χ3n) is 11.3. The van der Waals surface area contributed by atoms with Crippen molar-refractivity contribution in [1.82, 2.24) is 0 Å². The maximum Gasteiger partial charge on any atom is 0.472 e. The molecular formula is C64H101O11P. The Kier molecular flexibility index (Phi) is 53.1. The fraction of sp³-hybridized carbons (Fsp3) is 0.578. The molecule has 0 spiro atoms. The number of rotatable bonds is 51. The molecule has 0 heterocycles. The lowest BCUT2D eigenvalue weighted by Gasteiger charge is -2.21. The molecule has 12 heteroatoms. The summed E-state index contributed by atoms with van der Waals surface area (Å²) in [6.07, 6.45) is 72.5. The number of allylic oxidation sites excluding steroid dienone is 24. The highest BCUT2D eigenvalue weighted by Gasteiger charge is 2.28. The molecule has 0 rings (SSSR count). The van der Waals surface area contributed by atoms with E-state index in [9.17, 15) is 28.9 Å². The van der Waals surface area contributed by atoms with Crippen LogP contribution in [0.2, 0.25) is 0 Å². The van der Waals surface area contributed by atoms with Crippen LogP contribution in [0.3, 0.4) is 0 Å². The molecule has 0 aliphatic heterocycles. The van der Waals surface area contributed by atoms with Crippen LogP contribution in [0.5, 0.6) is 0 Å². The van der Waals surface area contributed by atoms with Crippen LogP contribution in [0.15, 0.2) is 146 Å². The highest BCUT2D eigenvalue weighted by Crippen LogP contribution is 2.43. The largest absolute Gasteiger partial charge is 0.472 e. The molecule has 0 aromatic rings. The fourth-order valence-corrected chi connectivity index (χ4v) is 7.78. The summed E-state index contributed by atoms with van der Waals surface area (Å²) in [5, 5.41) is 9.82. The second-order valence-electron chi connectivity index (χ2n) is 18.3. The van der Waals surface area contributed by atoms with Crippen LogP contribution in [-0.2, 0) is 42.2 Å². The first-order valence-corrected chi connectivity index (χ1v) is 30.2. The topological polar surface area (TPSA) is 155 Å². The minimum atomic E-state index is -4.79. The molecule has 0 amide bonds. The van der Waals surface area contributed by atoms with E-state index in [-0.39, 0.29) is 25.9 Å². The molecule has 0 fully saturated rings. The minimum absolute atomic E-state index is 0.0270. The molecule has 0 aliphatic rings. The van der Waals surface area contributed by atoms with Gasteiger partial charge in [-0.15, -0.1) is 0 Å². The summed E-state index contributed by atoms with van der Waals surface area (Å²) in [5.41, 5.74) is 0. The first-order valence-electron chi connectivity index (χ1n) is 28.7. The van der Waals surface area contributed by atoms with Crippen molar-refractivity contribution in [2.75, 3.05) is 26.4 Å². The van der Waals surface area contributed by atoms with Crippen molar-refractivity contribution in [3.8, 4) is 0 Å². The predicted octanol–water partition coefficient (Wildman–Crippen LogP) is 17.1. The highest BCUT2D eigenvalue weighted by molar-refractivity contribution is 7.47. The molecule has 0 aromatic heterocycles. The molecular weight excluding hydrogens is 976 g/mol. The number of phosphoric acid groups is 1. The van der Waals surface area contributed by atoms with E-state index in [1.165, 1.54) is 6.42 Å². The maximum absolute atomic E-state index is 12.9. The lowest BCUT2D eigenvalue weighted by atomic mass is 10.1. The van der Waals surface area contributed by atoms with Crippen LogP contribution >= 0.6 is 7.82 Å². The Hall–Kier alpha value is -4.64. The number of unbranched alkanes of at least 4 members (excludes halogenated alkanes) is 10. The van der Waals surface area contributed by atoms with Crippen LogP contribution in [0.25, 0.3) is 0 Å². The molecule has 428 valence electrons. The Labute approximate surface area is 461 Å². The lowest BCUT2D eigenvalue weighted by Crippen LogP contribution is -2.30. The van der Waals surface area contributed by atoms with E-state index in [1.807, 2.05) is 12.2 Å². The smallest absolute Gasteiger partial charge is 0.462 e. The Bertz CT molecular complexity index is 1830. The van der Waals surface area contributed by atoms with E-state index >= 15 is 0 Å². The van der Waals surface area contributed by atoms with E-state index in [1.54, 1.807) is 0 Å². The third-order valence-corrected chi connectivity index (χ3v) is 12.2. The number of esters is 3. The van der Waals surface area contributed by atoms with Crippen molar-refractivity contribution in [3.63, 3.8) is 0 Å². The number of phosphoric ester groups is 1. The zero-order chi connectivity index (χ0) is 55.5. The molecule has 11 nitrogen and oxygen atoms in total. The molecule has 76 heavy (non-hydrogen) atoms. The maximum atomic E-state index is 12.9. The van der Waals surface area contributed by atoms with Gasteiger partial charge in [0.2, 0.25) is 0 Å². The summed E-state index contributed by atoms with van der Waals surface area (Å²) in [6.45, 7) is 4.15. The molecule has 0 radical (unpaired) electrons. The molecule has 3 atom stereocenters. The van der Waals surface area contributed by atoms with Crippen LogP contribution in [-0.4, -0.2) is 66.5 Å². The van der Waals surface area contributed by atoms with E-state index in [0.717, 1.165) is 128 Å². The third kappa shape index (κ3) is 54.2. The number of carbonyl (C=O) groups is 3. The van der Waals surface area contributed by atoms with Gasteiger partial charge in [0.1, 0.15) is 12.7 Å². The average molecular weight is 1080 g/mol. The fourth-order valence-electron chi connectivity index (χ4n) is 7.00. The predicted molar refractivity (Wildman–Crippen MR) is 316 cm³/mol. The van der Waals surface area contributed by atoms with Gasteiger partial charge in [0, 0.05) is 19.3 Å². The number of hydrogen-bond donors (Lipinski definition) is 2. The van der Waals surface area contributed by atoms with Crippen molar-refractivity contribution in [1.29, 1.82) is 0 Å². The van der Waals surface area contributed by atoms with Crippen LogP contribution in [0.1, 0.15) is 201 Å². The van der Waals surface area contributed by atoms with Crippen LogP contribution in [0, 0.1) is 0 Å². The highest BCUT2D eigenvalue weighted by atomic mass is 31.2. The van der Waals surface area contributed by atoms with Gasteiger partial charge in [0.25, 0.3) is 0 Å². The van der Waals surface area contributed by atoms with Gasteiger partial charge in [-0.25, -0.2) is 4.57 Å². The van der Waals surface area contributed by atoms with Gasteiger partial charge in [-0.2, -0.15) is 0 Å². The Morgan fingerprint density at radius 1 is 0.368 bits per heavy atom. The second-order valence-corrected chi connectivity index (χ2v) is 19.8. The van der Waals surface area contributed by atoms with Gasteiger partial charge in [-0.05, 0) is 122 Å². The van der Waals surface area contributed by atoms with Crippen LogP contribution < -0.4 is 0 Å². The first kappa shape index (κ1) is 71.4. The number of carbonyl (C=O) groups excluding carboxylic acids is 3. The number of hydrogen-bond acceptors (Lipinski definition) is 10. The molecule has 0 aromatic carbocycles. The van der Waals surface area contributed by atoms with Crippen molar-refractivity contribution in [2.24, 2.45) is 0 Å². The summed E-state index contributed by atoms with van der Waals surface area (Å²) in [4.78, 5) is 48.5. The number of aliphatic hydroxyl groups is 1. The van der Waals surface area contributed by atoms with Gasteiger partial charge in [0.05, 0.1) is 19.8 Å². The molecule has 0 saturated heterocycles. The van der Waals surface area contributed by atoms with Crippen molar-refractivity contribution in [2.45, 2.75) is 213 Å². The van der Waals surface area contributed by atoms with Gasteiger partial charge in [-0.3, -0.25) is 23.4 Å². The van der Waals surface area contributed by atoms with E-state index in [4.69, 9.17) is 23.3 Å². The summed E-state index contributed by atoms with van der Waals surface area (Å²) in [5.74, 6) is -1.63. The average Bonchev–Trinajstić information content (AvgIpc) is 3.41. The summed E-state index contributed by atoms with van der Waals surface area (Å²) in [6, 6.07) is 0. The van der Waals surface area contributed by atoms with Gasteiger partial charge < -0.3 is 24.2 Å². The van der Waals surface area contributed by atoms with E-state index in [0.29, 0.717) is 25.7 Å². The second kappa shape index (κ2) is 56.6. The monoisotopic (exact) mass is 1080 g/mol. The Morgan fingerprint density at radius 2 is 0.671 bits per heavy atom. The lowest BCUT2D eigenvalue weighted by molar-refractivity contribution is -0.161. The van der Waals surface area contributed by atoms with Crippen molar-refractivity contribution < 1.29 is 52.2 Å².